The third kappa shape index (κ3) is 2.51. The molecule has 18 heavy (non-hydrogen) atoms. The van der Waals surface area contributed by atoms with Crippen LogP contribution in [0, 0.1) is 5.82 Å². The Kier molecular flexibility index (Phi) is 3.62. The minimum Gasteiger partial charge on any atom is -0.435 e. The smallest absolute Gasteiger partial charge is 0.313 e. The highest BCUT2D eigenvalue weighted by Crippen LogP contribution is 2.23. The second-order valence-corrected chi connectivity index (χ2v) is 3.91. The molecule has 0 spiro atoms. The Balaban J connectivity index is 2.34. The summed E-state index contributed by atoms with van der Waals surface area (Å²) in [5, 5.41) is -0.0701. The Morgan fingerprint density at radius 1 is 1.50 bits per heavy atom. The molecule has 0 aliphatic carbocycles. The zero-order valence-corrected chi connectivity index (χ0v) is 10.3. The molecule has 0 aliphatic heterocycles. The van der Waals surface area contributed by atoms with Crippen LogP contribution in [0.1, 0.15) is 6.92 Å². The summed E-state index contributed by atoms with van der Waals surface area (Å²) < 4.78 is 19.7. The van der Waals surface area contributed by atoms with E-state index < -0.39 is 5.82 Å². The summed E-state index contributed by atoms with van der Waals surface area (Å²) in [4.78, 5) is 15.7. The number of halogens is 2. The zero-order valence-electron chi connectivity index (χ0n) is 9.56. The molecule has 1 aromatic heterocycles. The summed E-state index contributed by atoms with van der Waals surface area (Å²) in [6.45, 7) is 2.35. The maximum Gasteiger partial charge on any atom is 0.313 e. The maximum atomic E-state index is 13.0. The van der Waals surface area contributed by atoms with Crippen LogP contribution in [0.15, 0.2) is 35.4 Å². The standard InChI is InChI=1S/C12H10ClFN2O2/c1-2-16-6-5-15-11(12(16)17)18-8-3-4-10(14)9(13)7-8/h3-7H,2H2,1H3. The number of hydrogen-bond donors (Lipinski definition) is 0. The average Bonchev–Trinajstić information content (AvgIpc) is 2.36. The summed E-state index contributed by atoms with van der Waals surface area (Å²) in [5.74, 6) is -0.349. The molecule has 2 aromatic rings. The fourth-order valence-electron chi connectivity index (χ4n) is 1.40. The van der Waals surface area contributed by atoms with Crippen molar-refractivity contribution in [1.29, 1.82) is 0 Å². The molecular formula is C12H10ClFN2O2. The lowest BCUT2D eigenvalue weighted by atomic mass is 10.3. The first-order valence-electron chi connectivity index (χ1n) is 5.30. The van der Waals surface area contributed by atoms with Crippen LogP contribution in [0.25, 0.3) is 0 Å². The lowest BCUT2D eigenvalue weighted by molar-refractivity contribution is 0.444. The molecule has 0 saturated heterocycles. The van der Waals surface area contributed by atoms with Crippen molar-refractivity contribution in [1.82, 2.24) is 9.55 Å². The number of aryl methyl sites for hydroxylation is 1. The van der Waals surface area contributed by atoms with Gasteiger partial charge in [-0.2, -0.15) is 0 Å². The summed E-state index contributed by atoms with van der Waals surface area (Å²) in [7, 11) is 0. The maximum absolute atomic E-state index is 13.0. The lowest BCUT2D eigenvalue weighted by Gasteiger charge is -2.06. The van der Waals surface area contributed by atoms with E-state index in [4.69, 9.17) is 16.3 Å². The van der Waals surface area contributed by atoms with Crippen molar-refractivity contribution in [3.8, 4) is 11.6 Å². The second-order valence-electron chi connectivity index (χ2n) is 3.50. The van der Waals surface area contributed by atoms with E-state index >= 15 is 0 Å². The number of aromatic nitrogens is 2. The average molecular weight is 269 g/mol. The third-order valence-corrected chi connectivity index (χ3v) is 2.62. The van der Waals surface area contributed by atoms with Gasteiger partial charge in [-0.25, -0.2) is 9.37 Å². The molecule has 0 amide bonds. The Morgan fingerprint density at radius 3 is 2.94 bits per heavy atom. The van der Waals surface area contributed by atoms with E-state index in [9.17, 15) is 9.18 Å². The topological polar surface area (TPSA) is 44.1 Å². The van der Waals surface area contributed by atoms with Crippen LogP contribution in [0.4, 0.5) is 4.39 Å². The van der Waals surface area contributed by atoms with Gasteiger partial charge in [0.1, 0.15) is 11.6 Å². The minimum atomic E-state index is -0.545. The SMILES string of the molecule is CCn1ccnc(Oc2ccc(F)c(Cl)c2)c1=O. The number of benzene rings is 1. The Morgan fingerprint density at radius 2 is 2.28 bits per heavy atom. The van der Waals surface area contributed by atoms with Gasteiger partial charge in [0.25, 0.3) is 5.88 Å². The van der Waals surface area contributed by atoms with Gasteiger partial charge in [-0.1, -0.05) is 11.6 Å². The molecule has 0 N–H and O–H groups in total. The zero-order chi connectivity index (χ0) is 13.1. The molecule has 1 aromatic carbocycles. The van der Waals surface area contributed by atoms with Crippen LogP contribution < -0.4 is 10.3 Å². The summed E-state index contributed by atoms with van der Waals surface area (Å²) >= 11 is 5.62. The molecule has 0 radical (unpaired) electrons. The number of rotatable bonds is 3. The summed E-state index contributed by atoms with van der Waals surface area (Å²) in [6, 6.07) is 3.84. The van der Waals surface area contributed by atoms with E-state index in [-0.39, 0.29) is 22.2 Å². The van der Waals surface area contributed by atoms with Crippen molar-refractivity contribution in [2.75, 3.05) is 0 Å². The van der Waals surface area contributed by atoms with Crippen molar-refractivity contribution in [2.45, 2.75) is 13.5 Å². The molecule has 1 heterocycles. The monoisotopic (exact) mass is 268 g/mol. The van der Waals surface area contributed by atoms with Gasteiger partial charge in [0.2, 0.25) is 0 Å². The van der Waals surface area contributed by atoms with Gasteiger partial charge in [0.15, 0.2) is 0 Å². The molecule has 0 atom stereocenters. The van der Waals surface area contributed by atoms with Crippen LogP contribution in [-0.4, -0.2) is 9.55 Å². The normalized spacial score (nSPS) is 10.4. The predicted molar refractivity (Wildman–Crippen MR) is 65.7 cm³/mol. The molecular weight excluding hydrogens is 259 g/mol. The fraction of sp³-hybridized carbons (Fsp3) is 0.167. The van der Waals surface area contributed by atoms with Crippen LogP contribution in [0.5, 0.6) is 11.6 Å². The first kappa shape index (κ1) is 12.6. The Bertz CT molecular complexity index is 628. The van der Waals surface area contributed by atoms with Gasteiger partial charge < -0.3 is 9.30 Å². The predicted octanol–water partition coefficient (Wildman–Crippen LogP) is 2.85. The van der Waals surface area contributed by atoms with Gasteiger partial charge in [-0.15, -0.1) is 0 Å². The lowest BCUT2D eigenvalue weighted by Crippen LogP contribution is -2.20. The van der Waals surface area contributed by atoms with E-state index in [0.29, 0.717) is 6.54 Å². The molecule has 0 bridgehead atoms. The van der Waals surface area contributed by atoms with Crippen LogP contribution in [-0.2, 0) is 6.54 Å². The van der Waals surface area contributed by atoms with Crippen molar-refractivity contribution >= 4 is 11.6 Å². The van der Waals surface area contributed by atoms with Gasteiger partial charge in [0.05, 0.1) is 5.02 Å². The van der Waals surface area contributed by atoms with Crippen LogP contribution in [0.2, 0.25) is 5.02 Å². The van der Waals surface area contributed by atoms with Crippen molar-refractivity contribution in [2.24, 2.45) is 0 Å². The van der Waals surface area contributed by atoms with E-state index in [1.165, 1.54) is 29.0 Å². The van der Waals surface area contributed by atoms with Gasteiger partial charge in [-0.3, -0.25) is 4.79 Å². The van der Waals surface area contributed by atoms with Gasteiger partial charge >= 0.3 is 5.56 Å². The van der Waals surface area contributed by atoms with E-state index in [0.717, 1.165) is 0 Å². The number of nitrogens with zero attached hydrogens (tertiary/aromatic N) is 2. The third-order valence-electron chi connectivity index (χ3n) is 2.33. The van der Waals surface area contributed by atoms with Crippen molar-refractivity contribution in [3.63, 3.8) is 0 Å². The quantitative estimate of drug-likeness (QED) is 0.860. The highest BCUT2D eigenvalue weighted by molar-refractivity contribution is 6.30. The van der Waals surface area contributed by atoms with Crippen LogP contribution in [0.3, 0.4) is 0 Å². The molecule has 0 saturated carbocycles. The first-order valence-corrected chi connectivity index (χ1v) is 5.68. The van der Waals surface area contributed by atoms with Crippen LogP contribution >= 0.6 is 11.6 Å². The van der Waals surface area contributed by atoms with E-state index in [1.54, 1.807) is 6.20 Å². The van der Waals surface area contributed by atoms with Gasteiger partial charge in [-0.05, 0) is 19.1 Å². The fourth-order valence-corrected chi connectivity index (χ4v) is 1.57. The molecule has 0 aliphatic rings. The minimum absolute atomic E-state index is 0.0676. The number of hydrogen-bond acceptors (Lipinski definition) is 3. The molecule has 4 nitrogen and oxygen atoms in total. The molecule has 2 rings (SSSR count). The second kappa shape index (κ2) is 5.18. The summed E-state index contributed by atoms with van der Waals surface area (Å²) in [6.07, 6.45) is 3.03. The first-order chi connectivity index (χ1) is 8.61. The highest BCUT2D eigenvalue weighted by atomic mass is 35.5. The van der Waals surface area contributed by atoms with Gasteiger partial charge in [0, 0.05) is 25.0 Å². The Labute approximate surface area is 108 Å². The van der Waals surface area contributed by atoms with E-state index in [2.05, 4.69) is 4.98 Å². The van der Waals surface area contributed by atoms with Crippen molar-refractivity contribution < 1.29 is 9.13 Å². The molecule has 6 heteroatoms. The summed E-state index contributed by atoms with van der Waals surface area (Å²) in [5.41, 5.74) is -0.347. The van der Waals surface area contributed by atoms with E-state index in [1.807, 2.05) is 6.92 Å². The largest absolute Gasteiger partial charge is 0.435 e. The van der Waals surface area contributed by atoms with Crippen molar-refractivity contribution in [3.05, 3.63) is 51.8 Å². The highest BCUT2D eigenvalue weighted by Gasteiger charge is 2.08. The molecule has 0 fully saturated rings. The molecule has 0 unspecified atom stereocenters. The Hall–Kier alpha value is -1.88. The molecule has 94 valence electrons. The number of ether oxygens (including phenoxy) is 1.